The Hall–Kier alpha value is -1.62. The summed E-state index contributed by atoms with van der Waals surface area (Å²) in [5, 5.41) is 6.73. The Morgan fingerprint density at radius 3 is 2.86 bits per heavy atom. The van der Waals surface area contributed by atoms with Crippen LogP contribution in [0.2, 0.25) is 0 Å². The van der Waals surface area contributed by atoms with E-state index in [0.717, 1.165) is 29.7 Å². The van der Waals surface area contributed by atoms with Gasteiger partial charge in [0.15, 0.2) is 0 Å². The molecule has 3 rings (SSSR count). The Balaban J connectivity index is 1.66. The van der Waals surface area contributed by atoms with E-state index in [1.807, 2.05) is 0 Å². The Morgan fingerprint density at radius 2 is 2.10 bits per heavy atom. The minimum atomic E-state index is 0.456. The SMILES string of the molecule is CCCNc1ncc(Br)c(NC2CC2c2ccccc2)n1. The van der Waals surface area contributed by atoms with Crippen molar-refractivity contribution in [3.8, 4) is 0 Å². The summed E-state index contributed by atoms with van der Waals surface area (Å²) in [6.45, 7) is 3.01. The summed E-state index contributed by atoms with van der Waals surface area (Å²) in [7, 11) is 0. The molecule has 1 aromatic carbocycles. The summed E-state index contributed by atoms with van der Waals surface area (Å²) < 4.78 is 0.906. The average molecular weight is 347 g/mol. The lowest BCUT2D eigenvalue weighted by atomic mass is 10.1. The average Bonchev–Trinajstić information content (AvgIpc) is 3.28. The molecule has 1 fully saturated rings. The number of hydrogen-bond donors (Lipinski definition) is 2. The summed E-state index contributed by atoms with van der Waals surface area (Å²) >= 11 is 3.52. The van der Waals surface area contributed by atoms with Crippen molar-refractivity contribution >= 4 is 27.7 Å². The topological polar surface area (TPSA) is 49.8 Å². The molecule has 21 heavy (non-hydrogen) atoms. The molecule has 110 valence electrons. The second-order valence-electron chi connectivity index (χ2n) is 5.32. The molecule has 0 saturated heterocycles. The molecule has 0 spiro atoms. The molecule has 5 heteroatoms. The molecule has 2 aromatic rings. The maximum absolute atomic E-state index is 4.54. The monoisotopic (exact) mass is 346 g/mol. The molecule has 1 aliphatic rings. The van der Waals surface area contributed by atoms with Gasteiger partial charge < -0.3 is 10.6 Å². The van der Waals surface area contributed by atoms with Crippen LogP contribution in [-0.4, -0.2) is 22.6 Å². The Morgan fingerprint density at radius 1 is 1.29 bits per heavy atom. The Labute approximate surface area is 133 Å². The van der Waals surface area contributed by atoms with Crippen LogP contribution in [0.15, 0.2) is 41.0 Å². The number of benzene rings is 1. The van der Waals surface area contributed by atoms with Crippen molar-refractivity contribution in [2.75, 3.05) is 17.2 Å². The van der Waals surface area contributed by atoms with Gasteiger partial charge in [0.25, 0.3) is 0 Å². The van der Waals surface area contributed by atoms with Gasteiger partial charge in [-0.15, -0.1) is 0 Å². The van der Waals surface area contributed by atoms with Crippen LogP contribution in [-0.2, 0) is 0 Å². The molecule has 1 heterocycles. The summed E-state index contributed by atoms with van der Waals surface area (Å²) in [5.41, 5.74) is 1.39. The maximum Gasteiger partial charge on any atom is 0.224 e. The van der Waals surface area contributed by atoms with Crippen molar-refractivity contribution in [1.82, 2.24) is 9.97 Å². The fourth-order valence-corrected chi connectivity index (χ4v) is 2.69. The van der Waals surface area contributed by atoms with E-state index in [4.69, 9.17) is 0 Å². The highest BCUT2D eigenvalue weighted by Gasteiger charge is 2.38. The third-order valence-electron chi connectivity index (χ3n) is 3.62. The zero-order valence-corrected chi connectivity index (χ0v) is 13.6. The van der Waals surface area contributed by atoms with Gasteiger partial charge in [-0.2, -0.15) is 4.98 Å². The molecule has 1 saturated carbocycles. The first-order chi connectivity index (χ1) is 10.3. The standard InChI is InChI=1S/C16H19BrN4/c1-2-8-18-16-19-10-13(17)15(21-16)20-14-9-12(14)11-6-4-3-5-7-11/h3-7,10,12,14H,2,8-9H2,1H3,(H2,18,19,20,21). The van der Waals surface area contributed by atoms with Crippen molar-refractivity contribution in [3.05, 3.63) is 46.6 Å². The maximum atomic E-state index is 4.54. The summed E-state index contributed by atoms with van der Waals surface area (Å²) in [6, 6.07) is 11.1. The van der Waals surface area contributed by atoms with Crippen molar-refractivity contribution in [2.45, 2.75) is 31.7 Å². The molecule has 1 aromatic heterocycles. The van der Waals surface area contributed by atoms with Gasteiger partial charge >= 0.3 is 0 Å². The van der Waals surface area contributed by atoms with Gasteiger partial charge in [0.1, 0.15) is 5.82 Å². The van der Waals surface area contributed by atoms with Crippen LogP contribution in [0, 0.1) is 0 Å². The number of nitrogens with one attached hydrogen (secondary N) is 2. The quantitative estimate of drug-likeness (QED) is 0.828. The van der Waals surface area contributed by atoms with E-state index in [1.54, 1.807) is 6.20 Å². The number of hydrogen-bond acceptors (Lipinski definition) is 4. The zero-order chi connectivity index (χ0) is 14.7. The van der Waals surface area contributed by atoms with Gasteiger partial charge in [-0.1, -0.05) is 37.3 Å². The van der Waals surface area contributed by atoms with E-state index in [1.165, 1.54) is 5.56 Å². The molecule has 2 atom stereocenters. The van der Waals surface area contributed by atoms with E-state index in [-0.39, 0.29) is 0 Å². The van der Waals surface area contributed by atoms with E-state index in [2.05, 4.69) is 73.8 Å². The largest absolute Gasteiger partial charge is 0.366 e. The second kappa shape index (κ2) is 6.43. The lowest BCUT2D eigenvalue weighted by molar-refractivity contribution is 0.946. The number of rotatable bonds is 6. The second-order valence-corrected chi connectivity index (χ2v) is 6.17. The predicted molar refractivity (Wildman–Crippen MR) is 89.7 cm³/mol. The highest BCUT2D eigenvalue weighted by atomic mass is 79.9. The number of aromatic nitrogens is 2. The third-order valence-corrected chi connectivity index (χ3v) is 4.20. The van der Waals surface area contributed by atoms with Crippen LogP contribution < -0.4 is 10.6 Å². The van der Waals surface area contributed by atoms with Crippen LogP contribution in [0.5, 0.6) is 0 Å². The van der Waals surface area contributed by atoms with Crippen LogP contribution in [0.3, 0.4) is 0 Å². The van der Waals surface area contributed by atoms with Crippen molar-refractivity contribution in [2.24, 2.45) is 0 Å². The van der Waals surface area contributed by atoms with Crippen LogP contribution >= 0.6 is 15.9 Å². The van der Waals surface area contributed by atoms with Crippen LogP contribution in [0.25, 0.3) is 0 Å². The first-order valence-corrected chi connectivity index (χ1v) is 8.15. The van der Waals surface area contributed by atoms with Crippen molar-refractivity contribution in [1.29, 1.82) is 0 Å². The van der Waals surface area contributed by atoms with Gasteiger partial charge in [0, 0.05) is 24.7 Å². The smallest absolute Gasteiger partial charge is 0.224 e. The lowest BCUT2D eigenvalue weighted by Gasteiger charge is -2.10. The summed E-state index contributed by atoms with van der Waals surface area (Å²) in [5.74, 6) is 2.13. The van der Waals surface area contributed by atoms with Crippen LogP contribution in [0.1, 0.15) is 31.2 Å². The Bertz CT molecular complexity index is 602. The lowest BCUT2D eigenvalue weighted by Crippen LogP contribution is -2.10. The molecule has 4 nitrogen and oxygen atoms in total. The third kappa shape index (κ3) is 3.53. The summed E-state index contributed by atoms with van der Waals surface area (Å²) in [6.07, 6.45) is 4.01. The van der Waals surface area contributed by atoms with Crippen molar-refractivity contribution < 1.29 is 0 Å². The molecule has 0 bridgehead atoms. The fourth-order valence-electron chi connectivity index (χ4n) is 2.39. The fraction of sp³-hybridized carbons (Fsp3) is 0.375. The number of nitrogens with zero attached hydrogens (tertiary/aromatic N) is 2. The van der Waals surface area contributed by atoms with Gasteiger partial charge in [-0.3, -0.25) is 0 Å². The molecule has 0 amide bonds. The van der Waals surface area contributed by atoms with E-state index < -0.39 is 0 Å². The molecular formula is C16H19BrN4. The first-order valence-electron chi connectivity index (χ1n) is 7.36. The molecular weight excluding hydrogens is 328 g/mol. The molecule has 2 unspecified atom stereocenters. The van der Waals surface area contributed by atoms with Gasteiger partial charge in [0.2, 0.25) is 5.95 Å². The highest BCUT2D eigenvalue weighted by Crippen LogP contribution is 2.43. The minimum absolute atomic E-state index is 0.456. The first kappa shape index (κ1) is 14.3. The molecule has 0 aliphatic heterocycles. The zero-order valence-electron chi connectivity index (χ0n) is 12.0. The molecule has 2 N–H and O–H groups in total. The molecule has 0 radical (unpaired) electrons. The number of anilines is 2. The minimum Gasteiger partial charge on any atom is -0.366 e. The van der Waals surface area contributed by atoms with Gasteiger partial charge in [0.05, 0.1) is 4.47 Å². The van der Waals surface area contributed by atoms with E-state index in [9.17, 15) is 0 Å². The normalized spacial score (nSPS) is 20.1. The van der Waals surface area contributed by atoms with Crippen LogP contribution in [0.4, 0.5) is 11.8 Å². The van der Waals surface area contributed by atoms with Gasteiger partial charge in [-0.05, 0) is 34.3 Å². The van der Waals surface area contributed by atoms with E-state index >= 15 is 0 Å². The van der Waals surface area contributed by atoms with Gasteiger partial charge in [-0.25, -0.2) is 4.98 Å². The molecule has 1 aliphatic carbocycles. The van der Waals surface area contributed by atoms with E-state index in [0.29, 0.717) is 17.9 Å². The highest BCUT2D eigenvalue weighted by molar-refractivity contribution is 9.10. The number of halogens is 1. The van der Waals surface area contributed by atoms with Crippen molar-refractivity contribution in [3.63, 3.8) is 0 Å². The summed E-state index contributed by atoms with van der Waals surface area (Å²) in [4.78, 5) is 8.81. The Kier molecular flexibility index (Phi) is 4.39. The predicted octanol–water partition coefficient (Wildman–Crippen LogP) is 4.03.